The van der Waals surface area contributed by atoms with E-state index in [1.807, 2.05) is 54.2 Å². The predicted molar refractivity (Wildman–Crippen MR) is 71.3 cm³/mol. The van der Waals surface area contributed by atoms with Gasteiger partial charge in [-0.1, -0.05) is 28.1 Å². The van der Waals surface area contributed by atoms with E-state index in [0.29, 0.717) is 0 Å². The molecule has 2 aromatic heterocycles. The largest absolute Gasteiger partial charge is 0.234 e. The van der Waals surface area contributed by atoms with Gasteiger partial charge in [0.05, 0.1) is 11.7 Å². The highest BCUT2D eigenvalue weighted by Crippen LogP contribution is 2.21. The van der Waals surface area contributed by atoms with E-state index >= 15 is 0 Å². The van der Waals surface area contributed by atoms with E-state index in [1.54, 1.807) is 0 Å². The lowest BCUT2D eigenvalue weighted by Gasteiger charge is -2.03. The molecule has 0 aliphatic carbocycles. The number of pyridine rings is 1. The first-order valence-corrected chi connectivity index (χ1v) is 6.11. The Balaban J connectivity index is 2.27. The van der Waals surface area contributed by atoms with Crippen LogP contribution in [0.5, 0.6) is 0 Å². The van der Waals surface area contributed by atoms with E-state index in [0.717, 1.165) is 26.9 Å². The van der Waals surface area contributed by atoms with Crippen LogP contribution in [0.1, 0.15) is 5.69 Å². The standard InChI is InChI=1S/C13H10BrN3/c1-9-3-2-4-13(16-9)17-12-7-11(14)6-5-10(12)8-15-17/h2-8H,1H3. The minimum absolute atomic E-state index is 0.845. The fourth-order valence-corrected chi connectivity index (χ4v) is 2.17. The molecule has 0 aliphatic rings. The number of fused-ring (bicyclic) bond motifs is 1. The van der Waals surface area contributed by atoms with E-state index in [4.69, 9.17) is 0 Å². The molecule has 2 heterocycles. The summed E-state index contributed by atoms with van der Waals surface area (Å²) in [5.41, 5.74) is 2.04. The maximum Gasteiger partial charge on any atom is 0.154 e. The maximum absolute atomic E-state index is 4.48. The first-order chi connectivity index (χ1) is 8.24. The van der Waals surface area contributed by atoms with Gasteiger partial charge in [0.15, 0.2) is 5.82 Å². The molecule has 4 heteroatoms. The quantitative estimate of drug-likeness (QED) is 0.686. The van der Waals surface area contributed by atoms with Crippen LogP contribution in [-0.2, 0) is 0 Å². The molecule has 0 unspecified atom stereocenters. The Morgan fingerprint density at radius 2 is 2.06 bits per heavy atom. The number of aryl methyl sites for hydroxylation is 1. The summed E-state index contributed by atoms with van der Waals surface area (Å²) in [4.78, 5) is 4.48. The predicted octanol–water partition coefficient (Wildman–Crippen LogP) is 3.49. The Morgan fingerprint density at radius 1 is 1.18 bits per heavy atom. The van der Waals surface area contributed by atoms with Crippen molar-refractivity contribution in [2.24, 2.45) is 0 Å². The molecule has 3 nitrogen and oxygen atoms in total. The molecule has 1 aromatic carbocycles. The molecule has 17 heavy (non-hydrogen) atoms. The summed E-state index contributed by atoms with van der Waals surface area (Å²) in [6.45, 7) is 1.98. The van der Waals surface area contributed by atoms with Gasteiger partial charge in [0.2, 0.25) is 0 Å². The lowest BCUT2D eigenvalue weighted by atomic mass is 10.2. The molecule has 0 spiro atoms. The second kappa shape index (κ2) is 3.96. The van der Waals surface area contributed by atoms with Crippen molar-refractivity contribution in [2.75, 3.05) is 0 Å². The molecule has 0 bridgehead atoms. The van der Waals surface area contributed by atoms with E-state index in [9.17, 15) is 0 Å². The number of nitrogens with zero attached hydrogens (tertiary/aromatic N) is 3. The highest BCUT2D eigenvalue weighted by atomic mass is 79.9. The van der Waals surface area contributed by atoms with Crippen molar-refractivity contribution >= 4 is 26.8 Å². The third-order valence-corrected chi connectivity index (χ3v) is 3.12. The van der Waals surface area contributed by atoms with Crippen molar-refractivity contribution in [2.45, 2.75) is 6.92 Å². The normalized spacial score (nSPS) is 10.9. The molecule has 0 radical (unpaired) electrons. The van der Waals surface area contributed by atoms with Gasteiger partial charge in [0.25, 0.3) is 0 Å². The van der Waals surface area contributed by atoms with Crippen LogP contribution in [0.3, 0.4) is 0 Å². The number of rotatable bonds is 1. The van der Waals surface area contributed by atoms with Crippen LogP contribution >= 0.6 is 15.9 Å². The van der Waals surface area contributed by atoms with Gasteiger partial charge >= 0.3 is 0 Å². The van der Waals surface area contributed by atoms with Crippen molar-refractivity contribution in [3.63, 3.8) is 0 Å². The van der Waals surface area contributed by atoms with Crippen LogP contribution in [-0.4, -0.2) is 14.8 Å². The zero-order valence-corrected chi connectivity index (χ0v) is 10.8. The third-order valence-electron chi connectivity index (χ3n) is 2.62. The average Bonchev–Trinajstić information content (AvgIpc) is 2.71. The number of aromatic nitrogens is 3. The molecular formula is C13H10BrN3. The van der Waals surface area contributed by atoms with Crippen LogP contribution in [0.2, 0.25) is 0 Å². The number of benzene rings is 1. The lowest BCUT2D eigenvalue weighted by molar-refractivity contribution is 0.867. The van der Waals surface area contributed by atoms with Crippen LogP contribution in [0.4, 0.5) is 0 Å². The monoisotopic (exact) mass is 287 g/mol. The summed E-state index contributed by atoms with van der Waals surface area (Å²) in [7, 11) is 0. The summed E-state index contributed by atoms with van der Waals surface area (Å²) in [6, 6.07) is 12.0. The van der Waals surface area contributed by atoms with E-state index < -0.39 is 0 Å². The second-order valence-corrected chi connectivity index (χ2v) is 4.81. The SMILES string of the molecule is Cc1cccc(-n2ncc3ccc(Br)cc32)n1. The Labute approximate surface area is 107 Å². The van der Waals surface area contributed by atoms with Gasteiger partial charge < -0.3 is 0 Å². The minimum Gasteiger partial charge on any atom is -0.234 e. The molecule has 0 aliphatic heterocycles. The summed E-state index contributed by atoms with van der Waals surface area (Å²) < 4.78 is 2.90. The topological polar surface area (TPSA) is 30.7 Å². The molecule has 84 valence electrons. The van der Waals surface area contributed by atoms with Crippen molar-refractivity contribution < 1.29 is 0 Å². The van der Waals surface area contributed by atoms with Crippen molar-refractivity contribution in [3.8, 4) is 5.82 Å². The summed E-state index contributed by atoms with van der Waals surface area (Å²) >= 11 is 3.48. The molecule has 3 rings (SSSR count). The fraction of sp³-hybridized carbons (Fsp3) is 0.0769. The Kier molecular flexibility index (Phi) is 2.44. The number of hydrogen-bond donors (Lipinski definition) is 0. The molecule has 0 saturated carbocycles. The minimum atomic E-state index is 0.845. The highest BCUT2D eigenvalue weighted by molar-refractivity contribution is 9.10. The van der Waals surface area contributed by atoms with Crippen molar-refractivity contribution in [1.29, 1.82) is 0 Å². The Morgan fingerprint density at radius 3 is 2.88 bits per heavy atom. The van der Waals surface area contributed by atoms with Crippen LogP contribution < -0.4 is 0 Å². The second-order valence-electron chi connectivity index (χ2n) is 3.90. The Bertz CT molecular complexity index is 688. The number of hydrogen-bond acceptors (Lipinski definition) is 2. The van der Waals surface area contributed by atoms with Crippen LogP contribution in [0, 0.1) is 6.92 Å². The molecule has 0 amide bonds. The van der Waals surface area contributed by atoms with Gasteiger partial charge in [-0.15, -0.1) is 0 Å². The van der Waals surface area contributed by atoms with Gasteiger partial charge in [-0.05, 0) is 31.2 Å². The zero-order chi connectivity index (χ0) is 11.8. The molecule has 0 saturated heterocycles. The Hall–Kier alpha value is -1.68. The van der Waals surface area contributed by atoms with Gasteiger partial charge in [-0.3, -0.25) is 0 Å². The molecule has 0 N–H and O–H groups in total. The summed E-state index contributed by atoms with van der Waals surface area (Å²) in [6.07, 6.45) is 1.85. The summed E-state index contributed by atoms with van der Waals surface area (Å²) in [5.74, 6) is 0.845. The van der Waals surface area contributed by atoms with E-state index in [-0.39, 0.29) is 0 Å². The van der Waals surface area contributed by atoms with Gasteiger partial charge in [-0.2, -0.15) is 5.10 Å². The first-order valence-electron chi connectivity index (χ1n) is 5.31. The maximum atomic E-state index is 4.48. The fourth-order valence-electron chi connectivity index (χ4n) is 1.82. The third kappa shape index (κ3) is 1.85. The molecular weight excluding hydrogens is 278 g/mol. The zero-order valence-electron chi connectivity index (χ0n) is 9.26. The van der Waals surface area contributed by atoms with Gasteiger partial charge in [0.1, 0.15) is 0 Å². The lowest BCUT2D eigenvalue weighted by Crippen LogP contribution is -1.99. The van der Waals surface area contributed by atoms with Crippen molar-refractivity contribution in [1.82, 2.24) is 14.8 Å². The van der Waals surface area contributed by atoms with Crippen molar-refractivity contribution in [3.05, 3.63) is 52.8 Å². The van der Waals surface area contributed by atoms with Crippen LogP contribution in [0.15, 0.2) is 47.1 Å². The van der Waals surface area contributed by atoms with Gasteiger partial charge in [0, 0.05) is 15.6 Å². The van der Waals surface area contributed by atoms with Crippen LogP contribution in [0.25, 0.3) is 16.7 Å². The average molecular weight is 288 g/mol. The first kappa shape index (κ1) is 10.5. The number of halogens is 1. The smallest absolute Gasteiger partial charge is 0.154 e. The molecule has 0 atom stereocenters. The summed E-state index contributed by atoms with van der Waals surface area (Å²) in [5, 5.41) is 5.49. The van der Waals surface area contributed by atoms with E-state index in [2.05, 4.69) is 26.0 Å². The van der Waals surface area contributed by atoms with Gasteiger partial charge in [-0.25, -0.2) is 9.67 Å². The molecule has 0 fully saturated rings. The van der Waals surface area contributed by atoms with E-state index in [1.165, 1.54) is 0 Å². The highest BCUT2D eigenvalue weighted by Gasteiger charge is 2.06. The molecule has 3 aromatic rings.